The maximum absolute atomic E-state index is 11.7. The number of esters is 1. The maximum atomic E-state index is 11.7. The monoisotopic (exact) mass is 306 g/mol. The first-order valence-electron chi connectivity index (χ1n) is 7.11. The van der Waals surface area contributed by atoms with Gasteiger partial charge in [-0.05, 0) is 30.9 Å². The Bertz CT molecular complexity index is 502. The third kappa shape index (κ3) is 6.51. The van der Waals surface area contributed by atoms with Crippen molar-refractivity contribution >= 4 is 18.0 Å². The summed E-state index contributed by atoms with van der Waals surface area (Å²) in [6, 6.07) is 8.68. The molecular weight excluding hydrogens is 284 g/mol. The van der Waals surface area contributed by atoms with Crippen molar-refractivity contribution in [2.45, 2.75) is 25.3 Å². The number of nitrogens with two attached hydrogens (primary N) is 1. The molecule has 22 heavy (non-hydrogen) atoms. The number of hydrogen-bond acceptors (Lipinski definition) is 5. The molecule has 1 aromatic rings. The molecule has 0 fully saturated rings. The quantitative estimate of drug-likeness (QED) is 0.250. The number of amides is 1. The summed E-state index contributed by atoms with van der Waals surface area (Å²) in [5, 5.41) is 10.3. The third-order valence-corrected chi connectivity index (χ3v) is 3.11. The van der Waals surface area contributed by atoms with E-state index in [1.165, 1.54) is 13.2 Å². The number of nitrogens with zero attached hydrogens (tertiary/aromatic N) is 1. The number of ether oxygens (including phenoxy) is 1. The lowest BCUT2D eigenvalue weighted by molar-refractivity contribution is -0.159. The van der Waals surface area contributed by atoms with Crippen LogP contribution in [-0.2, 0) is 14.3 Å². The number of rotatable bonds is 8. The molecule has 0 bridgehead atoms. The van der Waals surface area contributed by atoms with Crippen LogP contribution >= 0.6 is 0 Å². The molecule has 3 N–H and O–H groups in total. The van der Waals surface area contributed by atoms with E-state index < -0.39 is 17.9 Å². The summed E-state index contributed by atoms with van der Waals surface area (Å²) in [6.07, 6.45) is 4.57. The average Bonchev–Trinajstić information content (AvgIpc) is 2.56. The summed E-state index contributed by atoms with van der Waals surface area (Å²) in [4.78, 5) is 22.8. The number of unbranched alkanes of at least 4 members (excludes halogenated alkanes) is 1. The van der Waals surface area contributed by atoms with E-state index in [1.54, 1.807) is 6.08 Å². The highest BCUT2D eigenvalue weighted by Crippen LogP contribution is 2.04. The van der Waals surface area contributed by atoms with Gasteiger partial charge in [-0.1, -0.05) is 30.3 Å². The number of hydrogen-bond donors (Lipinski definition) is 2. The van der Waals surface area contributed by atoms with E-state index in [9.17, 15) is 14.8 Å². The smallest absolute Gasteiger partial charge is 0.322 e. The molecule has 0 saturated carbocycles. The van der Waals surface area contributed by atoms with Gasteiger partial charge in [0.25, 0.3) is 5.91 Å². The molecule has 120 valence electrons. The SMILES string of the molecule is COC(=O)[C@@H](N)CCCCN(O)C(=O)/C=C/c1ccccc1. The third-order valence-electron chi connectivity index (χ3n) is 3.11. The number of methoxy groups -OCH3 is 1. The van der Waals surface area contributed by atoms with Crippen molar-refractivity contribution in [3.63, 3.8) is 0 Å². The van der Waals surface area contributed by atoms with E-state index in [1.807, 2.05) is 30.3 Å². The predicted molar refractivity (Wildman–Crippen MR) is 82.8 cm³/mol. The van der Waals surface area contributed by atoms with Gasteiger partial charge in [0.15, 0.2) is 0 Å². The Kier molecular flexibility index (Phi) is 7.88. The highest BCUT2D eigenvalue weighted by molar-refractivity contribution is 5.90. The molecule has 6 nitrogen and oxygen atoms in total. The highest BCUT2D eigenvalue weighted by Gasteiger charge is 2.13. The molecule has 1 aromatic carbocycles. The average molecular weight is 306 g/mol. The molecule has 0 heterocycles. The first-order valence-corrected chi connectivity index (χ1v) is 7.11. The summed E-state index contributed by atoms with van der Waals surface area (Å²) in [5.74, 6) is -0.941. The van der Waals surface area contributed by atoms with Crippen LogP contribution in [0.15, 0.2) is 36.4 Å². The molecule has 1 amide bonds. The van der Waals surface area contributed by atoms with Crippen molar-refractivity contribution in [1.82, 2.24) is 5.06 Å². The second-order valence-corrected chi connectivity index (χ2v) is 4.83. The Labute approximate surface area is 130 Å². The Morgan fingerprint density at radius 1 is 1.32 bits per heavy atom. The zero-order valence-electron chi connectivity index (χ0n) is 12.6. The minimum absolute atomic E-state index is 0.186. The lowest BCUT2D eigenvalue weighted by Gasteiger charge is -2.13. The van der Waals surface area contributed by atoms with E-state index in [0.29, 0.717) is 24.3 Å². The van der Waals surface area contributed by atoms with Crippen molar-refractivity contribution < 1.29 is 19.5 Å². The van der Waals surface area contributed by atoms with Gasteiger partial charge in [-0.2, -0.15) is 0 Å². The summed E-state index contributed by atoms with van der Waals surface area (Å²) >= 11 is 0. The lowest BCUT2D eigenvalue weighted by Crippen LogP contribution is -2.32. The summed E-state index contributed by atoms with van der Waals surface area (Å²) in [5.41, 5.74) is 6.47. The predicted octanol–water partition coefficient (Wildman–Crippen LogP) is 1.59. The van der Waals surface area contributed by atoms with Crippen LogP contribution in [-0.4, -0.2) is 41.8 Å². The number of carbonyl (C=O) groups excluding carboxylic acids is 2. The largest absolute Gasteiger partial charge is 0.468 e. The van der Waals surface area contributed by atoms with Gasteiger partial charge in [0, 0.05) is 12.6 Å². The van der Waals surface area contributed by atoms with Crippen LogP contribution < -0.4 is 5.73 Å². The second kappa shape index (κ2) is 9.70. The van der Waals surface area contributed by atoms with Crippen molar-refractivity contribution in [1.29, 1.82) is 0 Å². The molecule has 0 radical (unpaired) electrons. The molecule has 1 atom stereocenters. The zero-order chi connectivity index (χ0) is 16.4. The molecule has 0 unspecified atom stereocenters. The van der Waals surface area contributed by atoms with Gasteiger partial charge in [-0.3, -0.25) is 14.8 Å². The van der Waals surface area contributed by atoms with Crippen LogP contribution in [0.25, 0.3) is 6.08 Å². The van der Waals surface area contributed by atoms with Crippen LogP contribution in [0.4, 0.5) is 0 Å². The van der Waals surface area contributed by atoms with Gasteiger partial charge in [0.05, 0.1) is 7.11 Å². The van der Waals surface area contributed by atoms with E-state index in [0.717, 1.165) is 5.56 Å². The van der Waals surface area contributed by atoms with Gasteiger partial charge in [-0.25, -0.2) is 5.06 Å². The first kappa shape index (κ1) is 17.9. The van der Waals surface area contributed by atoms with E-state index in [4.69, 9.17) is 5.73 Å². The van der Waals surface area contributed by atoms with Crippen LogP contribution in [0.5, 0.6) is 0 Å². The molecular formula is C16H22N2O4. The molecule has 0 aliphatic rings. The van der Waals surface area contributed by atoms with Crippen LogP contribution in [0.1, 0.15) is 24.8 Å². The summed E-state index contributed by atoms with van der Waals surface area (Å²) < 4.78 is 4.52. The Morgan fingerprint density at radius 2 is 2.00 bits per heavy atom. The Hall–Kier alpha value is -2.18. The standard InChI is InChI=1S/C16H22N2O4/c1-22-16(20)14(17)9-5-6-12-18(21)15(19)11-10-13-7-3-2-4-8-13/h2-4,7-8,10-11,14,21H,5-6,9,12,17H2,1H3/b11-10+/t14-/m0/s1. The van der Waals surface area contributed by atoms with Gasteiger partial charge in [0.1, 0.15) is 6.04 Å². The minimum atomic E-state index is -0.661. The number of benzene rings is 1. The van der Waals surface area contributed by atoms with Gasteiger partial charge >= 0.3 is 5.97 Å². The Balaban J connectivity index is 2.27. The minimum Gasteiger partial charge on any atom is -0.468 e. The van der Waals surface area contributed by atoms with Crippen molar-refractivity contribution in [3.8, 4) is 0 Å². The zero-order valence-corrected chi connectivity index (χ0v) is 12.6. The van der Waals surface area contributed by atoms with Crippen molar-refractivity contribution in [2.75, 3.05) is 13.7 Å². The molecule has 0 spiro atoms. The van der Waals surface area contributed by atoms with E-state index in [-0.39, 0.29) is 6.54 Å². The second-order valence-electron chi connectivity index (χ2n) is 4.83. The van der Waals surface area contributed by atoms with Crippen molar-refractivity contribution in [2.24, 2.45) is 5.73 Å². The topological polar surface area (TPSA) is 92.9 Å². The van der Waals surface area contributed by atoms with E-state index in [2.05, 4.69) is 4.74 Å². The lowest BCUT2D eigenvalue weighted by atomic mass is 10.1. The Morgan fingerprint density at radius 3 is 2.64 bits per heavy atom. The maximum Gasteiger partial charge on any atom is 0.322 e. The fraction of sp³-hybridized carbons (Fsp3) is 0.375. The molecule has 0 aromatic heterocycles. The van der Waals surface area contributed by atoms with Gasteiger partial charge < -0.3 is 10.5 Å². The molecule has 0 aliphatic carbocycles. The first-order chi connectivity index (χ1) is 10.5. The van der Waals surface area contributed by atoms with Gasteiger partial charge in [0.2, 0.25) is 0 Å². The fourth-order valence-electron chi connectivity index (χ4n) is 1.82. The summed E-state index contributed by atoms with van der Waals surface area (Å²) in [6.45, 7) is 0.186. The number of carbonyl (C=O) groups is 2. The molecule has 6 heteroatoms. The normalized spacial score (nSPS) is 12.1. The van der Waals surface area contributed by atoms with Gasteiger partial charge in [-0.15, -0.1) is 0 Å². The van der Waals surface area contributed by atoms with Crippen LogP contribution in [0.3, 0.4) is 0 Å². The van der Waals surface area contributed by atoms with Crippen molar-refractivity contribution in [3.05, 3.63) is 42.0 Å². The van der Waals surface area contributed by atoms with Crippen LogP contribution in [0, 0.1) is 0 Å². The van der Waals surface area contributed by atoms with E-state index >= 15 is 0 Å². The summed E-state index contributed by atoms with van der Waals surface area (Å²) in [7, 11) is 1.29. The van der Waals surface area contributed by atoms with Crippen LogP contribution in [0.2, 0.25) is 0 Å². The number of hydroxylamine groups is 2. The highest BCUT2D eigenvalue weighted by atomic mass is 16.5. The molecule has 0 aliphatic heterocycles. The molecule has 1 rings (SSSR count). The fourth-order valence-corrected chi connectivity index (χ4v) is 1.82. The molecule has 0 saturated heterocycles.